The molecule has 2 heterocycles. The van der Waals surface area contributed by atoms with Crippen molar-refractivity contribution in [3.63, 3.8) is 0 Å². The SMILES string of the molecule is CCCSc1nc2ccc(NC(=O)c3ccccc3C(=O)N3CCCC3)cc2s1. The van der Waals surface area contributed by atoms with Gasteiger partial charge in [0.15, 0.2) is 4.34 Å². The molecule has 5 nitrogen and oxygen atoms in total. The van der Waals surface area contributed by atoms with E-state index < -0.39 is 0 Å². The minimum Gasteiger partial charge on any atom is -0.339 e. The van der Waals surface area contributed by atoms with E-state index in [9.17, 15) is 9.59 Å². The van der Waals surface area contributed by atoms with Crippen molar-refractivity contribution in [2.45, 2.75) is 30.5 Å². The van der Waals surface area contributed by atoms with E-state index in [4.69, 9.17) is 0 Å². The molecule has 4 rings (SSSR count). The third kappa shape index (κ3) is 4.46. The molecule has 0 atom stereocenters. The number of anilines is 1. The maximum atomic E-state index is 12.9. The minimum atomic E-state index is -0.266. The number of hydrogen-bond donors (Lipinski definition) is 1. The molecule has 7 heteroatoms. The first-order chi connectivity index (χ1) is 14.2. The lowest BCUT2D eigenvalue weighted by Gasteiger charge is -2.17. The number of amides is 2. The van der Waals surface area contributed by atoms with Gasteiger partial charge in [0, 0.05) is 24.5 Å². The summed E-state index contributed by atoms with van der Waals surface area (Å²) >= 11 is 3.40. The molecule has 0 radical (unpaired) electrons. The average Bonchev–Trinajstić information content (AvgIpc) is 3.41. The fourth-order valence-electron chi connectivity index (χ4n) is 3.39. The topological polar surface area (TPSA) is 62.3 Å². The maximum Gasteiger partial charge on any atom is 0.256 e. The second kappa shape index (κ2) is 8.97. The van der Waals surface area contributed by atoms with Gasteiger partial charge >= 0.3 is 0 Å². The van der Waals surface area contributed by atoms with Gasteiger partial charge < -0.3 is 10.2 Å². The monoisotopic (exact) mass is 425 g/mol. The highest BCUT2D eigenvalue weighted by molar-refractivity contribution is 8.01. The van der Waals surface area contributed by atoms with Crippen LogP contribution in [0.25, 0.3) is 10.2 Å². The van der Waals surface area contributed by atoms with E-state index in [0.717, 1.165) is 52.7 Å². The molecular formula is C22H23N3O2S2. The van der Waals surface area contributed by atoms with Crippen molar-refractivity contribution >= 4 is 50.8 Å². The Morgan fingerprint density at radius 2 is 1.90 bits per heavy atom. The largest absolute Gasteiger partial charge is 0.339 e. The van der Waals surface area contributed by atoms with Gasteiger partial charge in [-0.1, -0.05) is 30.8 Å². The first kappa shape index (κ1) is 19.9. The molecule has 0 unspecified atom stereocenters. The molecule has 2 amide bonds. The van der Waals surface area contributed by atoms with Gasteiger partial charge in [-0.25, -0.2) is 4.98 Å². The summed E-state index contributed by atoms with van der Waals surface area (Å²) in [4.78, 5) is 32.2. The molecule has 1 aliphatic rings. The third-order valence-electron chi connectivity index (χ3n) is 4.85. The summed E-state index contributed by atoms with van der Waals surface area (Å²) in [6.45, 7) is 3.67. The van der Waals surface area contributed by atoms with Crippen molar-refractivity contribution in [2.75, 3.05) is 24.2 Å². The van der Waals surface area contributed by atoms with Crippen LogP contribution in [-0.4, -0.2) is 40.5 Å². The molecule has 29 heavy (non-hydrogen) atoms. The summed E-state index contributed by atoms with van der Waals surface area (Å²) in [6.07, 6.45) is 3.15. The van der Waals surface area contributed by atoms with Gasteiger partial charge in [-0.15, -0.1) is 11.3 Å². The van der Waals surface area contributed by atoms with Crippen molar-refractivity contribution in [3.05, 3.63) is 53.6 Å². The minimum absolute atomic E-state index is 0.0660. The van der Waals surface area contributed by atoms with E-state index in [1.807, 2.05) is 23.1 Å². The summed E-state index contributed by atoms with van der Waals surface area (Å²) in [7, 11) is 0. The van der Waals surface area contributed by atoms with Crippen LogP contribution in [0.3, 0.4) is 0 Å². The quantitative estimate of drug-likeness (QED) is 0.545. The van der Waals surface area contributed by atoms with E-state index in [-0.39, 0.29) is 11.8 Å². The average molecular weight is 426 g/mol. The van der Waals surface area contributed by atoms with Gasteiger partial charge in [0.05, 0.1) is 21.3 Å². The number of aromatic nitrogens is 1. The van der Waals surface area contributed by atoms with Crippen LogP contribution in [0.1, 0.15) is 46.9 Å². The smallest absolute Gasteiger partial charge is 0.256 e. The van der Waals surface area contributed by atoms with E-state index in [1.54, 1.807) is 47.4 Å². The van der Waals surface area contributed by atoms with Gasteiger partial charge in [-0.2, -0.15) is 0 Å². The molecule has 1 aromatic heterocycles. The van der Waals surface area contributed by atoms with Crippen LogP contribution in [0.15, 0.2) is 46.8 Å². The predicted octanol–water partition coefficient (Wildman–Crippen LogP) is 5.29. The van der Waals surface area contributed by atoms with Crippen LogP contribution < -0.4 is 5.32 Å². The van der Waals surface area contributed by atoms with Crippen LogP contribution in [0.2, 0.25) is 0 Å². The number of carbonyl (C=O) groups excluding carboxylic acids is 2. The number of nitrogens with one attached hydrogen (secondary N) is 1. The summed E-state index contributed by atoms with van der Waals surface area (Å²) in [5.41, 5.74) is 2.52. The molecule has 0 aliphatic carbocycles. The summed E-state index contributed by atoms with van der Waals surface area (Å²) < 4.78 is 2.09. The fraction of sp³-hybridized carbons (Fsp3) is 0.318. The number of thioether (sulfide) groups is 1. The second-order valence-electron chi connectivity index (χ2n) is 7.01. The van der Waals surface area contributed by atoms with Gasteiger partial charge in [-0.05, 0) is 49.6 Å². The van der Waals surface area contributed by atoms with Crippen molar-refractivity contribution in [3.8, 4) is 0 Å². The first-order valence-electron chi connectivity index (χ1n) is 9.89. The van der Waals surface area contributed by atoms with Crippen molar-refractivity contribution in [2.24, 2.45) is 0 Å². The van der Waals surface area contributed by atoms with E-state index in [1.165, 1.54) is 0 Å². The van der Waals surface area contributed by atoms with Crippen LogP contribution in [0.4, 0.5) is 5.69 Å². The number of hydrogen-bond acceptors (Lipinski definition) is 5. The number of fused-ring (bicyclic) bond motifs is 1. The van der Waals surface area contributed by atoms with Gasteiger partial charge in [0.2, 0.25) is 0 Å². The molecule has 1 fully saturated rings. The molecule has 2 aromatic carbocycles. The second-order valence-corrected chi connectivity index (χ2v) is 9.38. The van der Waals surface area contributed by atoms with Gasteiger partial charge in [0.25, 0.3) is 11.8 Å². The standard InChI is InChI=1S/C22H23N3O2S2/c1-2-13-28-22-24-18-10-9-15(14-19(18)29-22)23-20(26)16-7-3-4-8-17(16)21(27)25-11-5-6-12-25/h3-4,7-10,14H,2,5-6,11-13H2,1H3,(H,23,26). The summed E-state index contributed by atoms with van der Waals surface area (Å²) in [5.74, 6) is 0.715. The van der Waals surface area contributed by atoms with E-state index in [2.05, 4.69) is 17.2 Å². The number of rotatable bonds is 6. The Morgan fingerprint density at radius 3 is 2.66 bits per heavy atom. The van der Waals surface area contributed by atoms with E-state index in [0.29, 0.717) is 16.8 Å². The Kier molecular flexibility index (Phi) is 6.16. The van der Waals surface area contributed by atoms with Crippen molar-refractivity contribution in [1.82, 2.24) is 9.88 Å². The number of nitrogens with zero attached hydrogens (tertiary/aromatic N) is 2. The number of thiazole rings is 1. The Morgan fingerprint density at radius 1 is 1.14 bits per heavy atom. The van der Waals surface area contributed by atoms with E-state index >= 15 is 0 Å². The molecular weight excluding hydrogens is 402 g/mol. The highest BCUT2D eigenvalue weighted by Crippen LogP contribution is 2.31. The zero-order valence-electron chi connectivity index (χ0n) is 16.3. The van der Waals surface area contributed by atoms with Gasteiger partial charge in [0.1, 0.15) is 0 Å². The molecule has 1 saturated heterocycles. The highest BCUT2D eigenvalue weighted by Gasteiger charge is 2.24. The zero-order valence-corrected chi connectivity index (χ0v) is 17.9. The first-order valence-corrected chi connectivity index (χ1v) is 11.7. The Balaban J connectivity index is 1.54. The number of likely N-dealkylation sites (tertiary alicyclic amines) is 1. The molecule has 0 spiro atoms. The van der Waals surface area contributed by atoms with Crippen LogP contribution in [0, 0.1) is 0 Å². The van der Waals surface area contributed by atoms with Crippen molar-refractivity contribution < 1.29 is 9.59 Å². The van der Waals surface area contributed by atoms with Crippen LogP contribution in [-0.2, 0) is 0 Å². The molecule has 0 bridgehead atoms. The highest BCUT2D eigenvalue weighted by atomic mass is 32.2. The Bertz CT molecular complexity index is 1040. The molecule has 1 aliphatic heterocycles. The lowest BCUT2D eigenvalue weighted by atomic mass is 10.1. The number of benzene rings is 2. The predicted molar refractivity (Wildman–Crippen MR) is 120 cm³/mol. The summed E-state index contributed by atoms with van der Waals surface area (Å²) in [5, 5.41) is 2.95. The molecule has 1 N–H and O–H groups in total. The van der Waals surface area contributed by atoms with Crippen LogP contribution in [0.5, 0.6) is 0 Å². The zero-order chi connectivity index (χ0) is 20.2. The molecule has 150 valence electrons. The molecule has 3 aromatic rings. The Hall–Kier alpha value is -2.38. The Labute approximate surface area is 178 Å². The number of carbonyl (C=O) groups is 2. The maximum absolute atomic E-state index is 12.9. The van der Waals surface area contributed by atoms with Crippen LogP contribution >= 0.6 is 23.1 Å². The molecule has 0 saturated carbocycles. The lowest BCUT2D eigenvalue weighted by molar-refractivity contribution is 0.0787. The third-order valence-corrected chi connectivity index (χ3v) is 7.22. The summed E-state index contributed by atoms with van der Waals surface area (Å²) in [6, 6.07) is 12.8. The lowest BCUT2D eigenvalue weighted by Crippen LogP contribution is -2.29. The van der Waals surface area contributed by atoms with Gasteiger partial charge in [-0.3, -0.25) is 9.59 Å². The van der Waals surface area contributed by atoms with Crippen molar-refractivity contribution in [1.29, 1.82) is 0 Å². The fourth-order valence-corrected chi connectivity index (χ4v) is 5.42. The normalized spacial score (nSPS) is 13.8.